The number of hydrogen-bond donors (Lipinski definition) is 1. The van der Waals surface area contributed by atoms with E-state index in [0.717, 1.165) is 85.9 Å². The topological polar surface area (TPSA) is 66.8 Å². The maximum absolute atomic E-state index is 13.0. The molecule has 1 N–H and O–H groups in total. The molecule has 1 aliphatic carbocycles. The predicted molar refractivity (Wildman–Crippen MR) is 136 cm³/mol. The van der Waals surface area contributed by atoms with Gasteiger partial charge in [-0.25, -0.2) is 0 Å². The second-order valence-electron chi connectivity index (χ2n) is 11.5. The van der Waals surface area contributed by atoms with Crippen molar-refractivity contribution >= 4 is 17.4 Å². The molecule has 0 spiro atoms. The van der Waals surface area contributed by atoms with Gasteiger partial charge in [-0.3, -0.25) is 14.5 Å². The van der Waals surface area contributed by atoms with Crippen LogP contribution in [0.4, 0.5) is 5.69 Å². The minimum Gasteiger partial charge on any atom is -0.379 e. The van der Waals surface area contributed by atoms with Gasteiger partial charge in [0.15, 0.2) is 5.78 Å². The summed E-state index contributed by atoms with van der Waals surface area (Å²) in [5, 5.41) is 3.18. The third kappa shape index (κ3) is 3.99. The number of aryl methyl sites for hydroxylation is 1. The molecule has 186 valence electrons. The van der Waals surface area contributed by atoms with E-state index in [9.17, 15) is 9.59 Å². The van der Waals surface area contributed by atoms with E-state index in [4.69, 9.17) is 4.74 Å². The number of nitrogens with zero attached hydrogens (tertiary/aromatic N) is 3. The molecule has 0 radical (unpaired) electrons. The van der Waals surface area contributed by atoms with E-state index in [0.29, 0.717) is 19.0 Å². The maximum Gasteiger partial charge on any atom is 0.253 e. The lowest BCUT2D eigenvalue weighted by Gasteiger charge is -2.45. The number of fused-ring (bicyclic) bond motifs is 4. The highest BCUT2D eigenvalue weighted by molar-refractivity contribution is 6.02. The lowest BCUT2D eigenvalue weighted by Crippen LogP contribution is -2.54. The van der Waals surface area contributed by atoms with Crippen molar-refractivity contribution in [3.63, 3.8) is 0 Å². The highest BCUT2D eigenvalue weighted by Gasteiger charge is 2.37. The highest BCUT2D eigenvalue weighted by atomic mass is 16.5. The molecule has 7 nitrogen and oxygen atoms in total. The van der Waals surface area contributed by atoms with Gasteiger partial charge in [0.05, 0.1) is 24.5 Å². The van der Waals surface area contributed by atoms with Crippen molar-refractivity contribution in [2.45, 2.75) is 58.5 Å². The van der Waals surface area contributed by atoms with Crippen molar-refractivity contribution in [3.8, 4) is 5.69 Å². The molecule has 35 heavy (non-hydrogen) atoms. The van der Waals surface area contributed by atoms with Crippen LogP contribution in [0.5, 0.6) is 0 Å². The van der Waals surface area contributed by atoms with Crippen LogP contribution < -0.4 is 10.2 Å². The number of hydrogen-bond acceptors (Lipinski definition) is 5. The zero-order valence-corrected chi connectivity index (χ0v) is 21.1. The first-order valence-corrected chi connectivity index (χ1v) is 13.1. The molecule has 1 aromatic heterocycles. The average Bonchev–Trinajstić information content (AvgIpc) is 3.10. The van der Waals surface area contributed by atoms with Gasteiger partial charge < -0.3 is 19.5 Å². The Morgan fingerprint density at radius 1 is 1.06 bits per heavy atom. The average molecular weight is 477 g/mol. The molecule has 7 heteroatoms. The molecule has 1 aromatic carbocycles. The molecule has 2 unspecified atom stereocenters. The largest absolute Gasteiger partial charge is 0.379 e. The van der Waals surface area contributed by atoms with Gasteiger partial charge in [0.25, 0.3) is 5.91 Å². The Bertz CT molecular complexity index is 1180. The molecule has 2 atom stereocenters. The highest BCUT2D eigenvalue weighted by Crippen LogP contribution is 2.39. The molecule has 2 fully saturated rings. The van der Waals surface area contributed by atoms with Gasteiger partial charge in [-0.1, -0.05) is 13.8 Å². The number of piperidine rings is 1. The van der Waals surface area contributed by atoms with Gasteiger partial charge in [0.1, 0.15) is 0 Å². The molecule has 0 bridgehead atoms. The van der Waals surface area contributed by atoms with Crippen molar-refractivity contribution in [1.82, 2.24) is 14.8 Å². The number of rotatable bonds is 2. The summed E-state index contributed by atoms with van der Waals surface area (Å²) in [6.07, 6.45) is 5.70. The van der Waals surface area contributed by atoms with E-state index < -0.39 is 0 Å². The fraction of sp³-hybridized carbons (Fsp3) is 0.571. The van der Waals surface area contributed by atoms with E-state index in [1.54, 1.807) is 0 Å². The van der Waals surface area contributed by atoms with Crippen molar-refractivity contribution < 1.29 is 14.3 Å². The Kier molecular flexibility index (Phi) is 5.53. The standard InChI is InChI=1S/C28H36N4O3/c1-18-17-32(24-14-28(2,3)15-25(33)26(18)24)20-4-5-22-23(13-20)31-7-6-19(30-8-10-35-11-9-30)12-21(31)16-29-27(22)34/h4-5,13,17,19,21H,6-12,14-16H2,1-3H3,(H,29,34). The summed E-state index contributed by atoms with van der Waals surface area (Å²) < 4.78 is 7.76. The summed E-state index contributed by atoms with van der Waals surface area (Å²) in [4.78, 5) is 31.0. The van der Waals surface area contributed by atoms with Crippen LogP contribution >= 0.6 is 0 Å². The number of ether oxygens (including phenoxy) is 1. The molecule has 0 saturated carbocycles. The number of carbonyl (C=O) groups excluding carboxylic acids is 2. The minimum atomic E-state index is -0.0509. The molecular weight excluding hydrogens is 440 g/mol. The predicted octanol–water partition coefficient (Wildman–Crippen LogP) is 3.35. The Hall–Kier alpha value is -2.64. The number of aromatic nitrogens is 1. The first kappa shape index (κ1) is 22.8. The minimum absolute atomic E-state index is 0.00546. The summed E-state index contributed by atoms with van der Waals surface area (Å²) in [5.74, 6) is 0.248. The van der Waals surface area contributed by atoms with Crippen LogP contribution in [-0.2, 0) is 11.2 Å². The third-order valence-electron chi connectivity index (χ3n) is 8.42. The lowest BCUT2D eigenvalue weighted by atomic mass is 9.75. The van der Waals surface area contributed by atoms with Crippen molar-refractivity contribution in [2.75, 3.05) is 44.3 Å². The van der Waals surface area contributed by atoms with Crippen LogP contribution in [-0.4, -0.2) is 72.6 Å². The van der Waals surface area contributed by atoms with Gasteiger partial charge in [0, 0.05) is 67.8 Å². The van der Waals surface area contributed by atoms with Crippen molar-refractivity contribution in [2.24, 2.45) is 5.41 Å². The first-order chi connectivity index (χ1) is 16.8. The third-order valence-corrected chi connectivity index (χ3v) is 8.42. The summed E-state index contributed by atoms with van der Waals surface area (Å²) in [7, 11) is 0. The fourth-order valence-electron chi connectivity index (χ4n) is 6.73. The molecule has 1 amide bonds. The van der Waals surface area contributed by atoms with Crippen LogP contribution in [0.3, 0.4) is 0 Å². The zero-order chi connectivity index (χ0) is 24.3. The van der Waals surface area contributed by atoms with Crippen molar-refractivity contribution in [3.05, 3.63) is 46.8 Å². The molecule has 4 heterocycles. The number of carbonyl (C=O) groups is 2. The fourth-order valence-corrected chi connectivity index (χ4v) is 6.73. The van der Waals surface area contributed by atoms with E-state index in [1.165, 1.54) is 0 Å². The first-order valence-electron chi connectivity index (χ1n) is 13.1. The number of benzene rings is 1. The van der Waals surface area contributed by atoms with Gasteiger partial charge in [-0.2, -0.15) is 0 Å². The van der Waals surface area contributed by atoms with Crippen LogP contribution in [0.2, 0.25) is 0 Å². The number of morpholine rings is 1. The Balaban J connectivity index is 1.36. The second kappa shape index (κ2) is 8.49. The summed E-state index contributed by atoms with van der Waals surface area (Å²) in [6, 6.07) is 6.99. The van der Waals surface area contributed by atoms with Crippen LogP contribution in [0.1, 0.15) is 65.1 Å². The summed E-state index contributed by atoms with van der Waals surface area (Å²) >= 11 is 0. The number of ketones is 1. The molecule has 3 aliphatic heterocycles. The number of amides is 1. The van der Waals surface area contributed by atoms with E-state index >= 15 is 0 Å². The van der Waals surface area contributed by atoms with E-state index in [2.05, 4.69) is 45.8 Å². The van der Waals surface area contributed by atoms with Crippen LogP contribution in [0.15, 0.2) is 24.4 Å². The van der Waals surface area contributed by atoms with Crippen molar-refractivity contribution in [1.29, 1.82) is 0 Å². The van der Waals surface area contributed by atoms with Crippen LogP contribution in [0, 0.1) is 12.3 Å². The Labute approximate surface area is 207 Å². The monoisotopic (exact) mass is 476 g/mol. The van der Waals surface area contributed by atoms with Gasteiger partial charge in [0.2, 0.25) is 0 Å². The Morgan fingerprint density at radius 2 is 1.86 bits per heavy atom. The summed E-state index contributed by atoms with van der Waals surface area (Å²) in [5.41, 5.74) is 5.77. The molecule has 6 rings (SSSR count). The normalized spacial score (nSPS) is 26.4. The number of anilines is 1. The number of Topliss-reactive ketones (excluding diaryl/α,β-unsaturated/α-hetero) is 1. The number of nitrogens with one attached hydrogen (secondary N) is 1. The quantitative estimate of drug-likeness (QED) is 0.720. The SMILES string of the molecule is Cc1cn(-c2ccc3c(c2)N2CCC(N4CCOCC4)CC2CNC3=O)c2c1C(=O)CC(C)(C)C2. The zero-order valence-electron chi connectivity index (χ0n) is 21.1. The van der Waals surface area contributed by atoms with Gasteiger partial charge in [-0.15, -0.1) is 0 Å². The Morgan fingerprint density at radius 3 is 2.66 bits per heavy atom. The summed E-state index contributed by atoms with van der Waals surface area (Å²) in [6.45, 7) is 11.6. The van der Waals surface area contributed by atoms with Gasteiger partial charge >= 0.3 is 0 Å². The molecule has 2 saturated heterocycles. The van der Waals surface area contributed by atoms with Crippen LogP contribution in [0.25, 0.3) is 5.69 Å². The maximum atomic E-state index is 13.0. The molecular formula is C28H36N4O3. The van der Waals surface area contributed by atoms with Gasteiger partial charge in [-0.05, 0) is 55.4 Å². The smallest absolute Gasteiger partial charge is 0.253 e. The second-order valence-corrected chi connectivity index (χ2v) is 11.5. The molecule has 4 aliphatic rings. The lowest BCUT2D eigenvalue weighted by molar-refractivity contribution is 0.00859. The molecule has 2 aromatic rings. The van der Waals surface area contributed by atoms with E-state index in [-0.39, 0.29) is 23.1 Å². The van der Waals surface area contributed by atoms with E-state index in [1.807, 2.05) is 19.1 Å².